The molecule has 0 amide bonds. The highest BCUT2D eigenvalue weighted by Crippen LogP contribution is 2.49. The van der Waals surface area contributed by atoms with E-state index in [9.17, 15) is 0 Å². The Labute approximate surface area is 488 Å². The number of fused-ring (bicyclic) bond motifs is 11. The molecule has 0 spiro atoms. The first-order valence-corrected chi connectivity index (χ1v) is 30.1. The van der Waals surface area contributed by atoms with Crippen LogP contribution in [0.1, 0.15) is 0 Å². The smallest absolute Gasteiger partial charge is 0.0541 e. The Morgan fingerprint density at radius 2 is 0.518 bits per heavy atom. The third-order valence-electron chi connectivity index (χ3n) is 17.2. The summed E-state index contributed by atoms with van der Waals surface area (Å²) in [4.78, 5) is 0. The maximum absolute atomic E-state index is 2.48. The zero-order chi connectivity index (χ0) is 54.5. The third-order valence-corrected chi connectivity index (χ3v) is 19.8. The van der Waals surface area contributed by atoms with Crippen molar-refractivity contribution in [2.45, 2.75) is 0 Å². The van der Waals surface area contributed by atoms with E-state index in [1.165, 1.54) is 162 Å². The molecule has 14 aromatic carbocycles. The number of benzene rings is 14. The average molecular weight is 1090 g/mol. The van der Waals surface area contributed by atoms with Crippen LogP contribution in [0.15, 0.2) is 297 Å². The van der Waals surface area contributed by atoms with Crippen LogP contribution in [0, 0.1) is 0 Å². The zero-order valence-corrected chi connectivity index (χ0v) is 46.7. The van der Waals surface area contributed by atoms with E-state index < -0.39 is 0 Å². The van der Waals surface area contributed by atoms with Gasteiger partial charge in [0.2, 0.25) is 0 Å². The SMILES string of the molecule is c1ccc(-c2c3ccccc3c(-c3ccccc3)c3cc(-c4ccc(-n5c6ccc(-c7cccc8c7sc7c(-c9ccccc9)cccc78)cc6c6cc(-c7cccc8c7sc7c(-c9ccccc9)cccc78)ccc65)cc4)ccc23)cc1. The number of aromatic nitrogens is 1. The molecule has 0 aliphatic carbocycles. The van der Waals surface area contributed by atoms with Crippen LogP contribution in [0.2, 0.25) is 0 Å². The van der Waals surface area contributed by atoms with Gasteiger partial charge in [-0.05, 0) is 142 Å². The summed E-state index contributed by atoms with van der Waals surface area (Å²) in [5.74, 6) is 0. The van der Waals surface area contributed by atoms with E-state index in [1.807, 2.05) is 22.7 Å². The summed E-state index contributed by atoms with van der Waals surface area (Å²) in [5.41, 5.74) is 20.8. The topological polar surface area (TPSA) is 4.93 Å². The van der Waals surface area contributed by atoms with Gasteiger partial charge in [0, 0.05) is 56.8 Å². The Bertz CT molecular complexity index is 5190. The van der Waals surface area contributed by atoms with Gasteiger partial charge in [0.1, 0.15) is 0 Å². The van der Waals surface area contributed by atoms with E-state index in [0.29, 0.717) is 0 Å². The van der Waals surface area contributed by atoms with Gasteiger partial charge in [0.15, 0.2) is 0 Å². The first kappa shape index (κ1) is 47.6. The molecule has 0 saturated heterocycles. The van der Waals surface area contributed by atoms with Gasteiger partial charge in [-0.25, -0.2) is 0 Å². The second-order valence-electron chi connectivity index (χ2n) is 21.8. The van der Waals surface area contributed by atoms with Crippen molar-refractivity contribution < 1.29 is 0 Å². The molecule has 3 heterocycles. The molecule has 3 aromatic heterocycles. The molecule has 0 radical (unpaired) electrons. The van der Waals surface area contributed by atoms with Gasteiger partial charge in [0.25, 0.3) is 0 Å². The van der Waals surface area contributed by atoms with E-state index in [-0.39, 0.29) is 0 Å². The minimum atomic E-state index is 1.12. The second kappa shape index (κ2) is 19.3. The summed E-state index contributed by atoms with van der Waals surface area (Å²) in [6.07, 6.45) is 0. The Hall–Kier alpha value is -10.2. The highest BCUT2D eigenvalue weighted by molar-refractivity contribution is 7.27. The molecule has 0 aliphatic rings. The molecular weight excluding hydrogens is 1040 g/mol. The van der Waals surface area contributed by atoms with Crippen LogP contribution >= 0.6 is 22.7 Å². The van der Waals surface area contributed by atoms with Crippen molar-refractivity contribution in [3.63, 3.8) is 0 Å². The summed E-state index contributed by atoms with van der Waals surface area (Å²) in [6.45, 7) is 0. The second-order valence-corrected chi connectivity index (χ2v) is 23.8. The molecule has 17 rings (SSSR count). The van der Waals surface area contributed by atoms with Crippen LogP contribution in [0.4, 0.5) is 0 Å². The van der Waals surface area contributed by atoms with Crippen molar-refractivity contribution in [3.05, 3.63) is 297 Å². The quantitative estimate of drug-likeness (QED) is 0.134. The lowest BCUT2D eigenvalue weighted by Gasteiger charge is -2.19. The number of nitrogens with zero attached hydrogens (tertiary/aromatic N) is 1. The molecule has 0 saturated carbocycles. The molecule has 83 heavy (non-hydrogen) atoms. The predicted molar refractivity (Wildman–Crippen MR) is 360 cm³/mol. The van der Waals surface area contributed by atoms with Crippen LogP contribution in [0.3, 0.4) is 0 Å². The molecule has 0 atom stereocenters. The van der Waals surface area contributed by atoms with Crippen molar-refractivity contribution in [2.24, 2.45) is 0 Å². The first-order valence-electron chi connectivity index (χ1n) is 28.5. The number of thiophene rings is 2. The van der Waals surface area contributed by atoms with E-state index >= 15 is 0 Å². The van der Waals surface area contributed by atoms with Gasteiger partial charge in [-0.15, -0.1) is 22.7 Å². The number of hydrogen-bond acceptors (Lipinski definition) is 2. The van der Waals surface area contributed by atoms with Gasteiger partial charge in [-0.1, -0.05) is 255 Å². The Balaban J connectivity index is 0.845. The van der Waals surface area contributed by atoms with Gasteiger partial charge in [-0.2, -0.15) is 0 Å². The maximum Gasteiger partial charge on any atom is 0.0541 e. The van der Waals surface area contributed by atoms with E-state index in [4.69, 9.17) is 0 Å². The van der Waals surface area contributed by atoms with Crippen LogP contribution in [-0.4, -0.2) is 4.57 Å². The molecule has 0 aliphatic heterocycles. The van der Waals surface area contributed by atoms with Crippen LogP contribution in [-0.2, 0) is 0 Å². The third kappa shape index (κ3) is 7.66. The standard InChI is InChI=1S/C80H49NS2/c1-5-19-51(20-6-1)59-29-15-33-66-68-35-17-31-61(79(68)82-77(59)66)56-40-45-73-70(48-56)71-49-57(62-32-18-36-69-67-34-16-30-60(78(67)83-80(62)69)52-21-7-2-8-22-52)41-46-74(71)81(73)58-42-37-50(38-43-58)55-39-44-65-72(47-55)76(54-25-11-4-12-26-54)64-28-14-13-27-63(64)75(65)53-23-9-3-10-24-53/h1-49H. The molecule has 386 valence electrons. The fourth-order valence-electron chi connectivity index (χ4n) is 13.4. The van der Waals surface area contributed by atoms with Crippen molar-refractivity contribution in [3.8, 4) is 83.6 Å². The number of hydrogen-bond donors (Lipinski definition) is 0. The average Bonchev–Trinajstić information content (AvgIpc) is 4.24. The molecule has 0 bridgehead atoms. The lowest BCUT2D eigenvalue weighted by Crippen LogP contribution is -1.94. The fraction of sp³-hybridized carbons (Fsp3) is 0. The number of rotatable bonds is 8. The minimum absolute atomic E-state index is 1.12. The Morgan fingerprint density at radius 1 is 0.193 bits per heavy atom. The maximum atomic E-state index is 2.48. The highest BCUT2D eigenvalue weighted by atomic mass is 32.1. The van der Waals surface area contributed by atoms with Crippen LogP contribution in [0.5, 0.6) is 0 Å². The molecule has 1 nitrogen and oxygen atoms in total. The fourth-order valence-corrected chi connectivity index (χ4v) is 16.2. The summed E-state index contributed by atoms with van der Waals surface area (Å²) in [5, 5.41) is 12.7. The van der Waals surface area contributed by atoms with E-state index in [0.717, 1.165) is 5.69 Å². The zero-order valence-electron chi connectivity index (χ0n) is 45.1. The molecule has 0 unspecified atom stereocenters. The summed E-state index contributed by atoms with van der Waals surface area (Å²) in [6, 6.07) is 110. The Kier molecular flexibility index (Phi) is 11.0. The molecule has 17 aromatic rings. The highest BCUT2D eigenvalue weighted by Gasteiger charge is 2.22. The lowest BCUT2D eigenvalue weighted by molar-refractivity contribution is 1.18. The molecular formula is C80H49NS2. The largest absolute Gasteiger partial charge is 0.309 e. The molecule has 0 fully saturated rings. The molecule has 0 N–H and O–H groups in total. The molecule has 3 heteroatoms. The van der Waals surface area contributed by atoms with Gasteiger partial charge in [0.05, 0.1) is 11.0 Å². The van der Waals surface area contributed by atoms with Crippen LogP contribution in [0.25, 0.3) is 167 Å². The van der Waals surface area contributed by atoms with Gasteiger partial charge < -0.3 is 4.57 Å². The Morgan fingerprint density at radius 3 is 0.952 bits per heavy atom. The first-order chi connectivity index (χ1) is 41.2. The summed E-state index contributed by atoms with van der Waals surface area (Å²) < 4.78 is 7.75. The predicted octanol–water partition coefficient (Wildman–Crippen LogP) is 23.5. The van der Waals surface area contributed by atoms with Crippen LogP contribution < -0.4 is 0 Å². The minimum Gasteiger partial charge on any atom is -0.309 e. The normalized spacial score (nSPS) is 11.9. The summed E-state index contributed by atoms with van der Waals surface area (Å²) in [7, 11) is 0. The van der Waals surface area contributed by atoms with Crippen molar-refractivity contribution >= 4 is 106 Å². The van der Waals surface area contributed by atoms with Crippen molar-refractivity contribution in [1.29, 1.82) is 0 Å². The van der Waals surface area contributed by atoms with Crippen molar-refractivity contribution in [1.82, 2.24) is 4.57 Å². The monoisotopic (exact) mass is 1090 g/mol. The van der Waals surface area contributed by atoms with Crippen molar-refractivity contribution in [2.75, 3.05) is 0 Å². The van der Waals surface area contributed by atoms with E-state index in [2.05, 4.69) is 302 Å². The van der Waals surface area contributed by atoms with Gasteiger partial charge >= 0.3 is 0 Å². The summed E-state index contributed by atoms with van der Waals surface area (Å²) >= 11 is 3.83. The van der Waals surface area contributed by atoms with Gasteiger partial charge in [-0.3, -0.25) is 0 Å². The van der Waals surface area contributed by atoms with E-state index in [1.54, 1.807) is 0 Å². The lowest BCUT2D eigenvalue weighted by atomic mass is 9.85.